The van der Waals surface area contributed by atoms with E-state index in [4.69, 9.17) is 4.74 Å². The summed E-state index contributed by atoms with van der Waals surface area (Å²) in [5, 5.41) is 12.4. The molecule has 0 radical (unpaired) electrons. The number of hydrogen-bond donors (Lipinski definition) is 2. The Morgan fingerprint density at radius 1 is 1.13 bits per heavy atom. The number of carbonyl (C=O) groups excluding carboxylic acids is 1. The number of amides is 1. The average Bonchev–Trinajstić information content (AvgIpc) is 2.75. The number of anilines is 1. The van der Waals surface area contributed by atoms with Crippen molar-refractivity contribution in [2.45, 2.75) is 13.0 Å². The molecule has 1 aromatic heterocycles. The maximum Gasteiger partial charge on any atom is 0.308 e. The fraction of sp³-hybridized carbons (Fsp3) is 0.409. The van der Waals surface area contributed by atoms with E-state index in [1.165, 1.54) is 0 Å². The van der Waals surface area contributed by atoms with Crippen molar-refractivity contribution >= 4 is 17.6 Å². The molecule has 1 aliphatic rings. The number of hydrogen-bond acceptors (Lipinski definition) is 6. The largest absolute Gasteiger partial charge is 0.497 e. The van der Waals surface area contributed by atoms with E-state index >= 15 is 0 Å². The minimum absolute atomic E-state index is 0.0688. The number of nitrogens with zero attached hydrogens (tertiary/aromatic N) is 3. The Bertz CT molecular complexity index is 838. The number of pyridine rings is 1. The summed E-state index contributed by atoms with van der Waals surface area (Å²) < 4.78 is 5.14. The molecule has 3 rings (SSSR count). The van der Waals surface area contributed by atoms with Gasteiger partial charge in [-0.05, 0) is 24.3 Å². The molecule has 0 bridgehead atoms. The topological polar surface area (TPSA) is 95.0 Å². The van der Waals surface area contributed by atoms with Crippen LogP contribution in [0.15, 0.2) is 48.7 Å². The molecule has 0 saturated carbocycles. The summed E-state index contributed by atoms with van der Waals surface area (Å²) in [6.45, 7) is 4.39. The standard InChI is InChI=1S/C22H28N4O4/c1-30-20-7-4-6-18(14-20)24-21(27)13-17(22(28)29)15-25-9-11-26(12-10-25)16-19-5-2-3-8-23-19/h2-8,14,17H,9-13,15-16H2,1H3,(H,24,27)(H,28,29). The molecule has 1 atom stereocenters. The van der Waals surface area contributed by atoms with Gasteiger partial charge in [-0.25, -0.2) is 0 Å². The van der Waals surface area contributed by atoms with Crippen molar-refractivity contribution in [3.05, 3.63) is 54.4 Å². The van der Waals surface area contributed by atoms with Gasteiger partial charge in [0.05, 0.1) is 18.7 Å². The average molecular weight is 412 g/mol. The van der Waals surface area contributed by atoms with Crippen molar-refractivity contribution < 1.29 is 19.4 Å². The van der Waals surface area contributed by atoms with Crippen LogP contribution < -0.4 is 10.1 Å². The van der Waals surface area contributed by atoms with E-state index in [1.807, 2.05) is 18.2 Å². The van der Waals surface area contributed by atoms with Crippen molar-refractivity contribution in [1.29, 1.82) is 0 Å². The number of aromatic nitrogens is 1. The molecule has 2 heterocycles. The van der Waals surface area contributed by atoms with Crippen LogP contribution in [0, 0.1) is 5.92 Å². The highest BCUT2D eigenvalue weighted by Gasteiger charge is 2.26. The van der Waals surface area contributed by atoms with Crippen molar-refractivity contribution in [2.24, 2.45) is 5.92 Å². The lowest BCUT2D eigenvalue weighted by Crippen LogP contribution is -2.48. The minimum Gasteiger partial charge on any atom is -0.497 e. The molecule has 1 saturated heterocycles. The highest BCUT2D eigenvalue weighted by Crippen LogP contribution is 2.18. The molecule has 2 N–H and O–H groups in total. The van der Waals surface area contributed by atoms with Gasteiger partial charge in [0.2, 0.25) is 5.91 Å². The van der Waals surface area contributed by atoms with Gasteiger partial charge in [-0.2, -0.15) is 0 Å². The Labute approximate surface area is 176 Å². The molecule has 1 unspecified atom stereocenters. The molecule has 30 heavy (non-hydrogen) atoms. The molecule has 1 aromatic carbocycles. The zero-order chi connectivity index (χ0) is 21.3. The van der Waals surface area contributed by atoms with Gasteiger partial charge in [-0.15, -0.1) is 0 Å². The van der Waals surface area contributed by atoms with Crippen molar-refractivity contribution in [1.82, 2.24) is 14.8 Å². The number of rotatable bonds is 9. The third kappa shape index (κ3) is 6.53. The van der Waals surface area contributed by atoms with Gasteiger partial charge in [0, 0.05) is 63.6 Å². The SMILES string of the molecule is COc1cccc(NC(=O)CC(CN2CCN(Cc3ccccn3)CC2)C(=O)O)c1. The van der Waals surface area contributed by atoms with Gasteiger partial charge < -0.3 is 15.2 Å². The summed E-state index contributed by atoms with van der Waals surface area (Å²) >= 11 is 0. The van der Waals surface area contributed by atoms with Crippen LogP contribution in [0.3, 0.4) is 0 Å². The van der Waals surface area contributed by atoms with Crippen LogP contribution in [0.5, 0.6) is 5.75 Å². The summed E-state index contributed by atoms with van der Waals surface area (Å²) in [5.41, 5.74) is 1.62. The number of carboxylic acids is 1. The smallest absolute Gasteiger partial charge is 0.308 e. The molecule has 1 fully saturated rings. The molecular formula is C22H28N4O4. The number of piperazine rings is 1. The second-order valence-corrected chi connectivity index (χ2v) is 7.42. The minimum atomic E-state index is -0.952. The first-order chi connectivity index (χ1) is 14.5. The van der Waals surface area contributed by atoms with Crippen LogP contribution >= 0.6 is 0 Å². The summed E-state index contributed by atoms with van der Waals surface area (Å²) in [6.07, 6.45) is 1.72. The van der Waals surface area contributed by atoms with E-state index in [9.17, 15) is 14.7 Å². The number of carboxylic acid groups (broad SMARTS) is 1. The van der Waals surface area contributed by atoms with E-state index in [1.54, 1.807) is 37.6 Å². The maximum atomic E-state index is 12.4. The third-order valence-electron chi connectivity index (χ3n) is 5.19. The first-order valence-corrected chi connectivity index (χ1v) is 10.0. The first-order valence-electron chi connectivity index (χ1n) is 10.0. The molecule has 160 valence electrons. The number of nitrogens with one attached hydrogen (secondary N) is 1. The molecule has 0 aliphatic carbocycles. The zero-order valence-corrected chi connectivity index (χ0v) is 17.2. The second kappa shape index (κ2) is 10.7. The number of aliphatic carboxylic acids is 1. The van der Waals surface area contributed by atoms with E-state index in [-0.39, 0.29) is 12.3 Å². The summed E-state index contributed by atoms with van der Waals surface area (Å²) in [6, 6.07) is 12.9. The molecule has 1 aliphatic heterocycles. The van der Waals surface area contributed by atoms with Gasteiger partial charge in [0.15, 0.2) is 0 Å². The maximum absolute atomic E-state index is 12.4. The second-order valence-electron chi connectivity index (χ2n) is 7.42. The van der Waals surface area contributed by atoms with E-state index in [0.717, 1.165) is 38.4 Å². The van der Waals surface area contributed by atoms with Crippen LogP contribution in [0.4, 0.5) is 5.69 Å². The Morgan fingerprint density at radius 3 is 2.57 bits per heavy atom. The van der Waals surface area contributed by atoms with Crippen molar-refractivity contribution in [2.75, 3.05) is 45.2 Å². The number of ether oxygens (including phenoxy) is 1. The van der Waals surface area contributed by atoms with E-state index in [0.29, 0.717) is 18.0 Å². The lowest BCUT2D eigenvalue weighted by atomic mass is 10.0. The fourth-order valence-corrected chi connectivity index (χ4v) is 3.53. The number of benzene rings is 1. The molecule has 8 nitrogen and oxygen atoms in total. The molecule has 8 heteroatoms. The lowest BCUT2D eigenvalue weighted by molar-refractivity contribution is -0.144. The Kier molecular flexibility index (Phi) is 7.75. The molecular weight excluding hydrogens is 384 g/mol. The Morgan fingerprint density at radius 2 is 1.90 bits per heavy atom. The summed E-state index contributed by atoms with van der Waals surface area (Å²) in [7, 11) is 1.55. The zero-order valence-electron chi connectivity index (χ0n) is 17.2. The highest BCUT2D eigenvalue weighted by molar-refractivity contribution is 5.93. The van der Waals surface area contributed by atoms with E-state index in [2.05, 4.69) is 20.1 Å². The van der Waals surface area contributed by atoms with Gasteiger partial charge in [-0.1, -0.05) is 12.1 Å². The fourth-order valence-electron chi connectivity index (χ4n) is 3.53. The van der Waals surface area contributed by atoms with Gasteiger partial charge in [0.25, 0.3) is 0 Å². The van der Waals surface area contributed by atoms with Crippen LogP contribution in [-0.4, -0.2) is 71.6 Å². The first kappa shape index (κ1) is 21.7. The van der Waals surface area contributed by atoms with Crippen molar-refractivity contribution in [3.8, 4) is 5.75 Å². The highest BCUT2D eigenvalue weighted by atomic mass is 16.5. The number of methoxy groups -OCH3 is 1. The predicted molar refractivity (Wildman–Crippen MR) is 113 cm³/mol. The normalized spacial score (nSPS) is 16.0. The van der Waals surface area contributed by atoms with Crippen LogP contribution in [0.25, 0.3) is 0 Å². The van der Waals surface area contributed by atoms with Crippen LogP contribution in [-0.2, 0) is 16.1 Å². The molecule has 1 amide bonds. The quantitative estimate of drug-likeness (QED) is 0.650. The Balaban J connectivity index is 1.47. The van der Waals surface area contributed by atoms with Crippen LogP contribution in [0.1, 0.15) is 12.1 Å². The van der Waals surface area contributed by atoms with Gasteiger partial charge >= 0.3 is 5.97 Å². The third-order valence-corrected chi connectivity index (χ3v) is 5.19. The van der Waals surface area contributed by atoms with E-state index < -0.39 is 11.9 Å². The summed E-state index contributed by atoms with van der Waals surface area (Å²) in [4.78, 5) is 32.9. The summed E-state index contributed by atoms with van der Waals surface area (Å²) in [5.74, 6) is -1.39. The molecule has 0 spiro atoms. The van der Waals surface area contributed by atoms with Crippen LogP contribution in [0.2, 0.25) is 0 Å². The number of carbonyl (C=O) groups is 2. The predicted octanol–water partition coefficient (Wildman–Crippen LogP) is 1.94. The lowest BCUT2D eigenvalue weighted by Gasteiger charge is -2.35. The Hall–Kier alpha value is -2.97. The van der Waals surface area contributed by atoms with Gasteiger partial charge in [0.1, 0.15) is 5.75 Å². The van der Waals surface area contributed by atoms with Crippen molar-refractivity contribution in [3.63, 3.8) is 0 Å². The monoisotopic (exact) mass is 412 g/mol. The molecule has 2 aromatic rings. The van der Waals surface area contributed by atoms with Gasteiger partial charge in [-0.3, -0.25) is 24.4 Å².